The van der Waals surface area contributed by atoms with Gasteiger partial charge in [0.25, 0.3) is 0 Å². The normalized spacial score (nSPS) is 18.6. The average Bonchev–Trinajstić information content (AvgIpc) is 2.77. The molecule has 30 heavy (non-hydrogen) atoms. The SMILES string of the molecule is CCCCc1nc2c(c3c1C[C@H](C)OC3)CN(Cc1ccc(OC)c(OC)c1)CC2. The van der Waals surface area contributed by atoms with Gasteiger partial charge in [-0.15, -0.1) is 0 Å². The molecule has 0 unspecified atom stereocenters. The topological polar surface area (TPSA) is 43.8 Å². The van der Waals surface area contributed by atoms with Crippen LogP contribution in [0.1, 0.15) is 60.3 Å². The van der Waals surface area contributed by atoms with Gasteiger partial charge in [0, 0.05) is 43.9 Å². The van der Waals surface area contributed by atoms with E-state index < -0.39 is 0 Å². The molecule has 5 nitrogen and oxygen atoms in total. The number of unbranched alkanes of at least 4 members (excludes halogenated alkanes) is 1. The second-order valence-corrected chi connectivity index (χ2v) is 8.52. The first-order chi connectivity index (χ1) is 14.6. The summed E-state index contributed by atoms with van der Waals surface area (Å²) in [5, 5.41) is 0. The maximum Gasteiger partial charge on any atom is 0.161 e. The highest BCUT2D eigenvalue weighted by Crippen LogP contribution is 2.33. The van der Waals surface area contributed by atoms with Gasteiger partial charge in [0.15, 0.2) is 11.5 Å². The Bertz CT molecular complexity index is 896. The molecule has 0 saturated carbocycles. The van der Waals surface area contributed by atoms with E-state index in [9.17, 15) is 0 Å². The largest absolute Gasteiger partial charge is 0.493 e. The third-order valence-corrected chi connectivity index (χ3v) is 6.37. The summed E-state index contributed by atoms with van der Waals surface area (Å²) in [4.78, 5) is 7.68. The van der Waals surface area contributed by atoms with Crippen molar-refractivity contribution in [2.24, 2.45) is 0 Å². The molecule has 0 spiro atoms. The van der Waals surface area contributed by atoms with E-state index >= 15 is 0 Å². The maximum absolute atomic E-state index is 6.06. The van der Waals surface area contributed by atoms with Crippen LogP contribution >= 0.6 is 0 Å². The monoisotopic (exact) mass is 410 g/mol. The zero-order chi connectivity index (χ0) is 21.1. The Labute approximate surface area is 180 Å². The van der Waals surface area contributed by atoms with Crippen molar-refractivity contribution in [3.63, 3.8) is 0 Å². The van der Waals surface area contributed by atoms with E-state index in [1.165, 1.54) is 46.5 Å². The van der Waals surface area contributed by atoms with Crippen LogP contribution in [0, 0.1) is 0 Å². The van der Waals surface area contributed by atoms with Gasteiger partial charge >= 0.3 is 0 Å². The van der Waals surface area contributed by atoms with Gasteiger partial charge in [-0.25, -0.2) is 0 Å². The number of ether oxygens (including phenoxy) is 3. The quantitative estimate of drug-likeness (QED) is 0.674. The van der Waals surface area contributed by atoms with Crippen molar-refractivity contribution in [2.45, 2.75) is 71.8 Å². The minimum Gasteiger partial charge on any atom is -0.493 e. The number of hydrogen-bond acceptors (Lipinski definition) is 5. The summed E-state index contributed by atoms with van der Waals surface area (Å²) in [6.45, 7) is 8.01. The van der Waals surface area contributed by atoms with Gasteiger partial charge in [0.2, 0.25) is 0 Å². The number of rotatable bonds is 7. The van der Waals surface area contributed by atoms with Crippen LogP contribution in [0.3, 0.4) is 0 Å². The molecule has 2 aromatic rings. The number of aromatic nitrogens is 1. The summed E-state index contributed by atoms with van der Waals surface area (Å²) in [5.74, 6) is 1.56. The van der Waals surface area contributed by atoms with Crippen LogP contribution in [0.25, 0.3) is 0 Å². The lowest BCUT2D eigenvalue weighted by molar-refractivity contribution is 0.0391. The van der Waals surface area contributed by atoms with Gasteiger partial charge in [-0.2, -0.15) is 0 Å². The van der Waals surface area contributed by atoms with Crippen LogP contribution in [0.15, 0.2) is 18.2 Å². The standard InChI is InChI=1S/C25H34N2O3/c1-5-6-7-22-19-12-17(2)30-16-21(19)20-15-27(11-10-23(20)26-22)14-18-8-9-24(28-3)25(13-18)29-4/h8-9,13,17H,5-7,10-12,14-16H2,1-4H3/t17-/m0/s1. The van der Waals surface area contributed by atoms with Crippen molar-refractivity contribution in [3.8, 4) is 11.5 Å². The van der Waals surface area contributed by atoms with Crippen LogP contribution in [0.2, 0.25) is 0 Å². The van der Waals surface area contributed by atoms with Gasteiger partial charge in [-0.3, -0.25) is 9.88 Å². The van der Waals surface area contributed by atoms with Crippen molar-refractivity contribution in [1.82, 2.24) is 9.88 Å². The molecule has 1 aromatic heterocycles. The van der Waals surface area contributed by atoms with Gasteiger partial charge in [0.1, 0.15) is 0 Å². The Morgan fingerprint density at radius 2 is 1.97 bits per heavy atom. The number of aryl methyl sites for hydroxylation is 1. The van der Waals surface area contributed by atoms with E-state index in [-0.39, 0.29) is 6.10 Å². The van der Waals surface area contributed by atoms with Crippen LogP contribution in [-0.2, 0) is 43.7 Å². The predicted molar refractivity (Wildman–Crippen MR) is 118 cm³/mol. The molecule has 0 N–H and O–H groups in total. The Hall–Kier alpha value is -2.11. The lowest BCUT2D eigenvalue weighted by atomic mass is 9.89. The van der Waals surface area contributed by atoms with E-state index in [0.29, 0.717) is 0 Å². The first-order valence-corrected chi connectivity index (χ1v) is 11.2. The number of nitrogens with zero attached hydrogens (tertiary/aromatic N) is 2. The molecule has 1 atom stereocenters. The third-order valence-electron chi connectivity index (χ3n) is 6.37. The Morgan fingerprint density at radius 1 is 1.13 bits per heavy atom. The molecule has 2 aliphatic heterocycles. The summed E-state index contributed by atoms with van der Waals surface area (Å²) >= 11 is 0. The Kier molecular flexibility index (Phi) is 6.59. The zero-order valence-corrected chi connectivity index (χ0v) is 18.8. The highest BCUT2D eigenvalue weighted by molar-refractivity contribution is 5.44. The molecular formula is C25H34N2O3. The van der Waals surface area contributed by atoms with Gasteiger partial charge < -0.3 is 14.2 Å². The fourth-order valence-electron chi connectivity index (χ4n) is 4.70. The number of pyridine rings is 1. The van der Waals surface area contributed by atoms with Crippen LogP contribution < -0.4 is 9.47 Å². The maximum atomic E-state index is 6.06. The van der Waals surface area contributed by atoms with E-state index in [0.717, 1.165) is 57.0 Å². The molecule has 2 aliphatic rings. The molecule has 3 heterocycles. The number of methoxy groups -OCH3 is 2. The minimum atomic E-state index is 0.282. The van der Waals surface area contributed by atoms with E-state index in [2.05, 4.69) is 30.9 Å². The van der Waals surface area contributed by atoms with Crippen molar-refractivity contribution in [2.75, 3.05) is 20.8 Å². The Balaban J connectivity index is 1.58. The lowest BCUT2D eigenvalue weighted by Gasteiger charge is -2.34. The molecule has 4 rings (SSSR count). The zero-order valence-electron chi connectivity index (χ0n) is 18.8. The minimum absolute atomic E-state index is 0.282. The van der Waals surface area contributed by atoms with Crippen molar-refractivity contribution >= 4 is 0 Å². The molecule has 0 saturated heterocycles. The molecule has 0 amide bonds. The second kappa shape index (κ2) is 9.36. The number of fused-ring (bicyclic) bond motifs is 3. The fraction of sp³-hybridized carbons (Fsp3) is 0.560. The van der Waals surface area contributed by atoms with Gasteiger partial charge in [-0.1, -0.05) is 19.4 Å². The van der Waals surface area contributed by atoms with Crippen molar-refractivity contribution in [3.05, 3.63) is 51.8 Å². The third kappa shape index (κ3) is 4.33. The first-order valence-electron chi connectivity index (χ1n) is 11.2. The number of benzene rings is 1. The van der Waals surface area contributed by atoms with Crippen molar-refractivity contribution in [1.29, 1.82) is 0 Å². The molecule has 162 valence electrons. The summed E-state index contributed by atoms with van der Waals surface area (Å²) in [5.41, 5.74) is 8.15. The van der Waals surface area contributed by atoms with Gasteiger partial charge in [-0.05, 0) is 54.2 Å². The first kappa shape index (κ1) is 21.1. The molecule has 0 radical (unpaired) electrons. The van der Waals surface area contributed by atoms with Crippen LogP contribution in [0.5, 0.6) is 11.5 Å². The molecule has 0 fully saturated rings. The van der Waals surface area contributed by atoms with E-state index in [4.69, 9.17) is 19.2 Å². The fourth-order valence-corrected chi connectivity index (χ4v) is 4.70. The molecule has 0 bridgehead atoms. The summed E-state index contributed by atoms with van der Waals surface area (Å²) in [7, 11) is 3.36. The lowest BCUT2D eigenvalue weighted by Crippen LogP contribution is -2.34. The smallest absolute Gasteiger partial charge is 0.161 e. The predicted octanol–water partition coefficient (Wildman–Crippen LogP) is 4.46. The number of hydrogen-bond donors (Lipinski definition) is 0. The molecule has 5 heteroatoms. The summed E-state index contributed by atoms with van der Waals surface area (Å²) < 4.78 is 16.9. The van der Waals surface area contributed by atoms with E-state index in [1.807, 2.05) is 6.07 Å². The average molecular weight is 411 g/mol. The second-order valence-electron chi connectivity index (χ2n) is 8.52. The molecule has 1 aromatic carbocycles. The Morgan fingerprint density at radius 3 is 2.73 bits per heavy atom. The highest BCUT2D eigenvalue weighted by Gasteiger charge is 2.28. The molecule has 0 aliphatic carbocycles. The van der Waals surface area contributed by atoms with Crippen LogP contribution in [0.4, 0.5) is 0 Å². The summed E-state index contributed by atoms with van der Waals surface area (Å²) in [6, 6.07) is 6.20. The van der Waals surface area contributed by atoms with Gasteiger partial charge in [0.05, 0.1) is 26.9 Å². The highest BCUT2D eigenvalue weighted by atomic mass is 16.5. The van der Waals surface area contributed by atoms with E-state index in [1.54, 1.807) is 14.2 Å². The van der Waals surface area contributed by atoms with Crippen molar-refractivity contribution < 1.29 is 14.2 Å². The summed E-state index contributed by atoms with van der Waals surface area (Å²) in [6.07, 6.45) is 5.78. The molecular weight excluding hydrogens is 376 g/mol. The van der Waals surface area contributed by atoms with Crippen LogP contribution in [-0.4, -0.2) is 36.8 Å².